The second-order valence-corrected chi connectivity index (χ2v) is 6.08. The molecule has 20 heavy (non-hydrogen) atoms. The van der Waals surface area contributed by atoms with Crippen molar-refractivity contribution in [3.05, 3.63) is 30.0 Å². The minimum absolute atomic E-state index is 0.0573. The lowest BCUT2D eigenvalue weighted by Gasteiger charge is -2.31. The largest absolute Gasteiger partial charge is 0.396 e. The van der Waals surface area contributed by atoms with Crippen molar-refractivity contribution in [2.24, 2.45) is 5.41 Å². The monoisotopic (exact) mass is 275 g/mol. The van der Waals surface area contributed by atoms with E-state index in [1.165, 1.54) is 0 Å². The Morgan fingerprint density at radius 2 is 2.20 bits per heavy atom. The van der Waals surface area contributed by atoms with Gasteiger partial charge in [-0.25, -0.2) is 0 Å². The summed E-state index contributed by atoms with van der Waals surface area (Å²) in [6.45, 7) is 6.20. The molecule has 1 aromatic carbocycles. The zero-order chi connectivity index (χ0) is 14.8. The number of hydrogen-bond acceptors (Lipinski definition) is 3. The van der Waals surface area contributed by atoms with E-state index in [9.17, 15) is 4.79 Å². The van der Waals surface area contributed by atoms with Crippen molar-refractivity contribution < 1.29 is 9.90 Å². The van der Waals surface area contributed by atoms with E-state index in [1.807, 2.05) is 26.8 Å². The lowest BCUT2D eigenvalue weighted by Crippen LogP contribution is -2.44. The van der Waals surface area contributed by atoms with Crippen LogP contribution in [-0.2, 0) is 0 Å². The Hall–Kier alpha value is -1.88. The molecule has 5 heteroatoms. The van der Waals surface area contributed by atoms with E-state index in [0.717, 1.165) is 10.9 Å². The van der Waals surface area contributed by atoms with Crippen LogP contribution in [0.3, 0.4) is 0 Å². The molecule has 0 aliphatic carbocycles. The maximum atomic E-state index is 12.3. The smallest absolute Gasteiger partial charge is 0.251 e. The average Bonchev–Trinajstić information content (AvgIpc) is 2.84. The maximum Gasteiger partial charge on any atom is 0.251 e. The van der Waals surface area contributed by atoms with Crippen LogP contribution in [0.15, 0.2) is 24.4 Å². The highest BCUT2D eigenvalue weighted by molar-refractivity contribution is 5.97. The molecule has 0 aliphatic heterocycles. The molecule has 2 rings (SSSR count). The summed E-state index contributed by atoms with van der Waals surface area (Å²) in [7, 11) is 0. The first-order valence-electron chi connectivity index (χ1n) is 6.76. The molecule has 1 aromatic heterocycles. The van der Waals surface area contributed by atoms with Gasteiger partial charge < -0.3 is 10.4 Å². The van der Waals surface area contributed by atoms with Gasteiger partial charge in [-0.05, 0) is 24.0 Å². The van der Waals surface area contributed by atoms with Gasteiger partial charge in [0.05, 0.1) is 11.7 Å². The van der Waals surface area contributed by atoms with Gasteiger partial charge in [0, 0.05) is 23.6 Å². The van der Waals surface area contributed by atoms with E-state index in [0.29, 0.717) is 12.0 Å². The standard InChI is InChI=1S/C15H21N3O2/c1-15(2,3)13(6-7-19)17-14(20)10-4-5-11-9-16-18-12(11)8-10/h4-5,8-9,13,19H,6-7H2,1-3H3,(H,16,18)(H,17,20). The quantitative estimate of drug-likeness (QED) is 0.799. The second kappa shape index (κ2) is 5.63. The van der Waals surface area contributed by atoms with Crippen molar-refractivity contribution in [1.82, 2.24) is 15.5 Å². The number of carbonyl (C=O) groups excluding carboxylic acids is 1. The topological polar surface area (TPSA) is 78.0 Å². The van der Waals surface area contributed by atoms with Gasteiger partial charge in [-0.2, -0.15) is 5.10 Å². The summed E-state index contributed by atoms with van der Waals surface area (Å²) in [4.78, 5) is 12.3. The number of H-pyrrole nitrogens is 1. The Morgan fingerprint density at radius 3 is 2.85 bits per heavy atom. The van der Waals surface area contributed by atoms with Gasteiger partial charge in [0.1, 0.15) is 0 Å². The lowest BCUT2D eigenvalue weighted by molar-refractivity contribution is 0.0885. The van der Waals surface area contributed by atoms with Gasteiger partial charge in [0.25, 0.3) is 5.91 Å². The summed E-state index contributed by atoms with van der Waals surface area (Å²) in [5, 5.41) is 19.9. The maximum absolute atomic E-state index is 12.3. The molecule has 0 saturated heterocycles. The number of carbonyl (C=O) groups is 1. The third-order valence-electron chi connectivity index (χ3n) is 3.47. The van der Waals surface area contributed by atoms with Gasteiger partial charge in [0.15, 0.2) is 0 Å². The van der Waals surface area contributed by atoms with Crippen molar-refractivity contribution in [2.75, 3.05) is 6.61 Å². The van der Waals surface area contributed by atoms with Crippen LogP contribution >= 0.6 is 0 Å². The first kappa shape index (κ1) is 14.5. The highest BCUT2D eigenvalue weighted by Crippen LogP contribution is 2.22. The van der Waals surface area contributed by atoms with Gasteiger partial charge in [0.2, 0.25) is 0 Å². The Kier molecular flexibility index (Phi) is 4.09. The predicted molar refractivity (Wildman–Crippen MR) is 78.5 cm³/mol. The Balaban J connectivity index is 2.17. The van der Waals surface area contributed by atoms with E-state index in [4.69, 9.17) is 5.11 Å². The van der Waals surface area contributed by atoms with Gasteiger partial charge in [-0.1, -0.05) is 26.8 Å². The van der Waals surface area contributed by atoms with E-state index < -0.39 is 0 Å². The van der Waals surface area contributed by atoms with E-state index >= 15 is 0 Å². The lowest BCUT2D eigenvalue weighted by atomic mass is 9.84. The molecule has 0 fully saturated rings. The summed E-state index contributed by atoms with van der Waals surface area (Å²) in [5.41, 5.74) is 1.33. The Morgan fingerprint density at radius 1 is 1.45 bits per heavy atom. The zero-order valence-corrected chi connectivity index (χ0v) is 12.1. The SMILES string of the molecule is CC(C)(C)C(CCO)NC(=O)c1ccc2cn[nH]c2c1. The summed E-state index contributed by atoms with van der Waals surface area (Å²) < 4.78 is 0. The molecule has 0 saturated carbocycles. The van der Waals surface area contributed by atoms with Crippen LogP contribution in [0.2, 0.25) is 0 Å². The Labute approximate surface area is 118 Å². The summed E-state index contributed by atoms with van der Waals surface area (Å²) in [6.07, 6.45) is 2.27. The third kappa shape index (κ3) is 3.17. The number of nitrogens with zero attached hydrogens (tertiary/aromatic N) is 1. The molecule has 5 nitrogen and oxygen atoms in total. The zero-order valence-electron chi connectivity index (χ0n) is 12.1. The summed E-state index contributed by atoms with van der Waals surface area (Å²) in [6, 6.07) is 5.37. The van der Waals surface area contributed by atoms with Gasteiger partial charge in [-0.3, -0.25) is 9.89 Å². The molecule has 108 valence electrons. The number of aromatic amines is 1. The van der Waals surface area contributed by atoms with E-state index in [1.54, 1.807) is 18.3 Å². The molecule has 0 bridgehead atoms. The average molecular weight is 275 g/mol. The van der Waals surface area contributed by atoms with Crippen LogP contribution in [0.25, 0.3) is 10.9 Å². The van der Waals surface area contributed by atoms with Crippen LogP contribution in [0, 0.1) is 5.41 Å². The molecule has 1 heterocycles. The van der Waals surface area contributed by atoms with Crippen molar-refractivity contribution in [2.45, 2.75) is 33.2 Å². The molecule has 3 N–H and O–H groups in total. The van der Waals surface area contributed by atoms with Crippen LogP contribution in [0.1, 0.15) is 37.6 Å². The second-order valence-electron chi connectivity index (χ2n) is 6.08. The number of nitrogens with one attached hydrogen (secondary N) is 2. The van der Waals surface area contributed by atoms with Gasteiger partial charge in [-0.15, -0.1) is 0 Å². The number of aromatic nitrogens is 2. The van der Waals surface area contributed by atoms with Crippen molar-refractivity contribution in [3.63, 3.8) is 0 Å². The minimum atomic E-state index is -0.130. The molecule has 2 aromatic rings. The first-order valence-corrected chi connectivity index (χ1v) is 6.76. The van der Waals surface area contributed by atoms with Crippen molar-refractivity contribution >= 4 is 16.8 Å². The Bertz CT molecular complexity index is 598. The van der Waals surface area contributed by atoms with Crippen molar-refractivity contribution in [1.29, 1.82) is 0 Å². The predicted octanol–water partition coefficient (Wildman–Crippen LogP) is 2.09. The normalized spacial score (nSPS) is 13.4. The first-order chi connectivity index (χ1) is 9.41. The molecule has 0 spiro atoms. The number of aliphatic hydroxyl groups excluding tert-OH is 1. The number of rotatable bonds is 4. The highest BCUT2D eigenvalue weighted by atomic mass is 16.3. The summed E-state index contributed by atoms with van der Waals surface area (Å²) >= 11 is 0. The van der Waals surface area contributed by atoms with Crippen molar-refractivity contribution in [3.8, 4) is 0 Å². The molecular formula is C15H21N3O2. The van der Waals surface area contributed by atoms with Crippen LogP contribution in [-0.4, -0.2) is 33.9 Å². The minimum Gasteiger partial charge on any atom is -0.396 e. The number of amides is 1. The van der Waals surface area contributed by atoms with E-state index in [2.05, 4.69) is 15.5 Å². The van der Waals surface area contributed by atoms with Gasteiger partial charge >= 0.3 is 0 Å². The molecular weight excluding hydrogens is 254 g/mol. The summed E-state index contributed by atoms with van der Waals surface area (Å²) in [5.74, 6) is -0.130. The number of hydrogen-bond donors (Lipinski definition) is 3. The molecule has 1 unspecified atom stereocenters. The molecule has 1 atom stereocenters. The fraction of sp³-hybridized carbons (Fsp3) is 0.467. The third-order valence-corrected chi connectivity index (χ3v) is 3.47. The molecule has 0 radical (unpaired) electrons. The number of fused-ring (bicyclic) bond motifs is 1. The molecule has 0 aliphatic rings. The number of aliphatic hydroxyl groups is 1. The van der Waals surface area contributed by atoms with E-state index in [-0.39, 0.29) is 24.0 Å². The highest BCUT2D eigenvalue weighted by Gasteiger charge is 2.26. The van der Waals surface area contributed by atoms with Crippen LogP contribution < -0.4 is 5.32 Å². The molecule has 1 amide bonds. The van der Waals surface area contributed by atoms with Crippen LogP contribution in [0.4, 0.5) is 0 Å². The number of benzene rings is 1. The fourth-order valence-corrected chi connectivity index (χ4v) is 2.17. The van der Waals surface area contributed by atoms with Crippen LogP contribution in [0.5, 0.6) is 0 Å². The fourth-order valence-electron chi connectivity index (χ4n) is 2.17.